The number of pyridine rings is 2. The minimum atomic E-state index is -0.429. The number of nitrogens with one attached hydrogen (secondary N) is 1. The molecule has 0 saturated heterocycles. The van der Waals surface area contributed by atoms with Crippen LogP contribution in [0.3, 0.4) is 0 Å². The van der Waals surface area contributed by atoms with Gasteiger partial charge in [-0.15, -0.1) is 5.10 Å². The molecule has 32 heavy (non-hydrogen) atoms. The summed E-state index contributed by atoms with van der Waals surface area (Å²) in [6, 6.07) is 5.43. The molecule has 12 heteroatoms. The van der Waals surface area contributed by atoms with Gasteiger partial charge in [-0.05, 0) is 42.5 Å². The van der Waals surface area contributed by atoms with Crippen LogP contribution in [-0.2, 0) is 18.2 Å². The molecule has 0 amide bonds. The summed E-state index contributed by atoms with van der Waals surface area (Å²) in [5.74, 6) is 1.51. The van der Waals surface area contributed by atoms with Gasteiger partial charge in [0.1, 0.15) is 22.7 Å². The summed E-state index contributed by atoms with van der Waals surface area (Å²) < 4.78 is 12.6. The van der Waals surface area contributed by atoms with Crippen LogP contribution in [0, 0.1) is 0 Å². The van der Waals surface area contributed by atoms with Crippen LogP contribution in [0.4, 0.5) is 17.5 Å². The predicted molar refractivity (Wildman–Crippen MR) is 118 cm³/mol. The third kappa shape index (κ3) is 4.12. The lowest BCUT2D eigenvalue weighted by Crippen LogP contribution is -2.26. The maximum absolute atomic E-state index is 6.11. The van der Waals surface area contributed by atoms with E-state index in [1.165, 1.54) is 11.8 Å². The van der Waals surface area contributed by atoms with Crippen LogP contribution >= 0.6 is 0 Å². The van der Waals surface area contributed by atoms with E-state index in [4.69, 9.17) is 20.2 Å². The molecule has 0 aliphatic carbocycles. The summed E-state index contributed by atoms with van der Waals surface area (Å²) in [7, 11) is 4.94. The van der Waals surface area contributed by atoms with E-state index in [-0.39, 0.29) is 0 Å². The van der Waals surface area contributed by atoms with Gasteiger partial charge in [-0.3, -0.25) is 0 Å². The van der Waals surface area contributed by atoms with E-state index in [1.54, 1.807) is 32.5 Å². The molecule has 0 unspecified atom stereocenters. The normalized spacial score (nSPS) is 11.7. The molecule has 0 spiro atoms. The van der Waals surface area contributed by atoms with Crippen molar-refractivity contribution >= 4 is 28.4 Å². The number of tetrazole rings is 1. The fourth-order valence-corrected chi connectivity index (χ4v) is 3.19. The lowest BCUT2D eigenvalue weighted by atomic mass is 10.00. The molecule has 4 aromatic heterocycles. The van der Waals surface area contributed by atoms with E-state index in [0.717, 1.165) is 11.1 Å². The summed E-state index contributed by atoms with van der Waals surface area (Å²) in [5.41, 5.74) is 8.16. The molecule has 0 aliphatic rings. The van der Waals surface area contributed by atoms with Crippen LogP contribution in [-0.4, -0.2) is 60.0 Å². The van der Waals surface area contributed by atoms with Gasteiger partial charge in [-0.25, -0.2) is 24.6 Å². The highest BCUT2D eigenvalue weighted by Gasteiger charge is 2.22. The lowest BCUT2D eigenvalue weighted by Gasteiger charge is -2.23. The second kappa shape index (κ2) is 8.30. The van der Waals surface area contributed by atoms with Gasteiger partial charge < -0.3 is 20.5 Å². The van der Waals surface area contributed by atoms with Gasteiger partial charge in [0, 0.05) is 32.2 Å². The first-order valence-electron chi connectivity index (χ1n) is 9.82. The third-order valence-corrected chi connectivity index (χ3v) is 5.02. The number of hydrogen-bond acceptors (Lipinski definition) is 11. The average molecular weight is 436 g/mol. The van der Waals surface area contributed by atoms with Gasteiger partial charge in [0.25, 0.3) is 0 Å². The average Bonchev–Trinajstić information content (AvgIpc) is 3.20. The smallest absolute Gasteiger partial charge is 0.238 e. The zero-order valence-corrected chi connectivity index (χ0v) is 18.5. The van der Waals surface area contributed by atoms with Gasteiger partial charge in [0.15, 0.2) is 0 Å². The molecule has 0 bridgehead atoms. The highest BCUT2D eigenvalue weighted by molar-refractivity contribution is 5.90. The van der Waals surface area contributed by atoms with Gasteiger partial charge in [-0.2, -0.15) is 0 Å². The molecular formula is C20H24N10O2. The quantitative estimate of drug-likeness (QED) is 0.437. The van der Waals surface area contributed by atoms with Crippen LogP contribution < -0.4 is 15.8 Å². The SMILES string of the molecule is COc1nc(-c2nnnn2C)ccc1Nc1nc(CC(C)(C)OC)c2ccnc(N)c2n1. The van der Waals surface area contributed by atoms with Crippen molar-refractivity contribution in [3.63, 3.8) is 0 Å². The molecule has 0 aliphatic heterocycles. The molecule has 4 rings (SSSR count). The van der Waals surface area contributed by atoms with Gasteiger partial charge >= 0.3 is 0 Å². The minimum Gasteiger partial charge on any atom is -0.479 e. The maximum Gasteiger partial charge on any atom is 0.238 e. The standard InChI is InChI=1S/C20H24N10O2/c1-20(2,32-5)10-14-11-8-9-22-16(21)15(11)26-19(25-14)24-13-7-6-12(23-18(13)31-4)17-27-28-29-30(17)3/h6-9H,10H2,1-5H3,(H2,21,22)(H,24,25,26). The fourth-order valence-electron chi connectivity index (χ4n) is 3.19. The van der Waals surface area contributed by atoms with Crippen LogP contribution in [0.1, 0.15) is 19.5 Å². The highest BCUT2D eigenvalue weighted by Crippen LogP contribution is 2.30. The van der Waals surface area contributed by atoms with E-state index < -0.39 is 5.60 Å². The molecule has 0 saturated carbocycles. The Morgan fingerprint density at radius 1 is 1.12 bits per heavy atom. The van der Waals surface area contributed by atoms with Crippen molar-refractivity contribution in [3.05, 3.63) is 30.1 Å². The summed E-state index contributed by atoms with van der Waals surface area (Å²) in [4.78, 5) is 18.0. The number of aryl methyl sites for hydroxylation is 1. The maximum atomic E-state index is 6.11. The number of nitrogens with two attached hydrogens (primary N) is 1. The van der Waals surface area contributed by atoms with E-state index in [2.05, 4.69) is 35.8 Å². The molecule has 0 atom stereocenters. The number of rotatable bonds is 7. The minimum absolute atomic E-state index is 0.319. The second-order valence-electron chi connectivity index (χ2n) is 7.73. The van der Waals surface area contributed by atoms with Crippen molar-refractivity contribution in [2.24, 2.45) is 7.05 Å². The molecule has 4 heterocycles. The van der Waals surface area contributed by atoms with E-state index >= 15 is 0 Å². The summed E-state index contributed by atoms with van der Waals surface area (Å²) in [6.45, 7) is 3.98. The summed E-state index contributed by atoms with van der Waals surface area (Å²) in [6.07, 6.45) is 2.19. The Bertz CT molecular complexity index is 1270. The molecule has 0 aromatic carbocycles. The number of nitrogens with zero attached hydrogens (tertiary/aromatic N) is 8. The first kappa shape index (κ1) is 21.3. The van der Waals surface area contributed by atoms with E-state index in [9.17, 15) is 0 Å². The number of hydrogen-bond donors (Lipinski definition) is 2. The molecule has 3 N–H and O–H groups in total. The number of fused-ring (bicyclic) bond motifs is 1. The first-order valence-corrected chi connectivity index (χ1v) is 9.82. The van der Waals surface area contributed by atoms with E-state index in [0.29, 0.717) is 46.8 Å². The molecule has 4 aromatic rings. The summed E-state index contributed by atoms with van der Waals surface area (Å²) in [5, 5.41) is 15.5. The Balaban J connectivity index is 1.76. The topological polar surface area (TPSA) is 152 Å². The molecule has 166 valence electrons. The largest absolute Gasteiger partial charge is 0.479 e. The number of aromatic nitrogens is 8. The van der Waals surface area contributed by atoms with Gasteiger partial charge in [-0.1, -0.05) is 0 Å². The zero-order chi connectivity index (χ0) is 22.9. The van der Waals surface area contributed by atoms with Gasteiger partial charge in [0.2, 0.25) is 17.7 Å². The first-order chi connectivity index (χ1) is 15.3. The lowest BCUT2D eigenvalue weighted by molar-refractivity contribution is 0.0227. The monoisotopic (exact) mass is 436 g/mol. The number of ether oxygens (including phenoxy) is 2. The Kier molecular flexibility index (Phi) is 5.53. The van der Waals surface area contributed by atoms with Crippen molar-refractivity contribution in [2.75, 3.05) is 25.3 Å². The number of anilines is 3. The molecular weight excluding hydrogens is 412 g/mol. The molecule has 12 nitrogen and oxygen atoms in total. The van der Waals surface area contributed by atoms with Crippen molar-refractivity contribution < 1.29 is 9.47 Å². The zero-order valence-electron chi connectivity index (χ0n) is 18.5. The Morgan fingerprint density at radius 3 is 2.62 bits per heavy atom. The summed E-state index contributed by atoms with van der Waals surface area (Å²) >= 11 is 0. The second-order valence-corrected chi connectivity index (χ2v) is 7.73. The number of methoxy groups -OCH3 is 2. The van der Waals surface area contributed by atoms with Crippen LogP contribution in [0.5, 0.6) is 5.88 Å². The number of nitrogen functional groups attached to an aromatic ring is 1. The van der Waals surface area contributed by atoms with Crippen molar-refractivity contribution in [2.45, 2.75) is 25.9 Å². The predicted octanol–water partition coefficient (Wildman–Crippen LogP) is 1.91. The van der Waals surface area contributed by atoms with Crippen molar-refractivity contribution in [1.82, 2.24) is 40.1 Å². The Labute approximate surface area is 184 Å². The van der Waals surface area contributed by atoms with Crippen LogP contribution in [0.25, 0.3) is 22.4 Å². The van der Waals surface area contributed by atoms with Crippen molar-refractivity contribution in [3.8, 4) is 17.4 Å². The van der Waals surface area contributed by atoms with Crippen molar-refractivity contribution in [1.29, 1.82) is 0 Å². The Hall–Kier alpha value is -3.93. The highest BCUT2D eigenvalue weighted by atomic mass is 16.5. The van der Waals surface area contributed by atoms with E-state index in [1.807, 2.05) is 19.9 Å². The van der Waals surface area contributed by atoms with Gasteiger partial charge in [0.05, 0.1) is 18.4 Å². The van der Waals surface area contributed by atoms with Crippen LogP contribution in [0.15, 0.2) is 24.4 Å². The Morgan fingerprint density at radius 2 is 1.94 bits per heavy atom. The molecule has 0 radical (unpaired) electrons. The molecule has 0 fully saturated rings. The fraction of sp³-hybridized carbons (Fsp3) is 0.350. The third-order valence-electron chi connectivity index (χ3n) is 5.02. The van der Waals surface area contributed by atoms with Crippen LogP contribution in [0.2, 0.25) is 0 Å².